The maximum Gasteiger partial charge on any atom is 0.245 e. The van der Waals surface area contributed by atoms with Crippen LogP contribution in [-0.4, -0.2) is 43.1 Å². The van der Waals surface area contributed by atoms with Crippen LogP contribution in [0.15, 0.2) is 57.9 Å². The van der Waals surface area contributed by atoms with Crippen LogP contribution in [0.5, 0.6) is 5.75 Å². The van der Waals surface area contributed by atoms with E-state index in [9.17, 15) is 8.42 Å². The molecule has 1 N–H and O–H groups in total. The van der Waals surface area contributed by atoms with Gasteiger partial charge in [0.1, 0.15) is 5.75 Å². The highest BCUT2D eigenvalue weighted by molar-refractivity contribution is 7.89. The van der Waals surface area contributed by atoms with Crippen molar-refractivity contribution in [1.29, 1.82) is 0 Å². The van der Waals surface area contributed by atoms with Crippen LogP contribution in [0.2, 0.25) is 0 Å². The number of aromatic nitrogens is 2. The van der Waals surface area contributed by atoms with Gasteiger partial charge in [-0.1, -0.05) is 49.3 Å². The summed E-state index contributed by atoms with van der Waals surface area (Å²) in [5.74, 6) is 1.51. The first-order valence-electron chi connectivity index (χ1n) is 9.75. The SMILES string of the molecule is CCN(CC)S(=O)(=O)c1ccc(OC)c(NCc2nc(Cc3ccccc3)no2)c1. The van der Waals surface area contributed by atoms with Gasteiger partial charge in [0.15, 0.2) is 5.82 Å². The van der Waals surface area contributed by atoms with Gasteiger partial charge in [0.25, 0.3) is 0 Å². The van der Waals surface area contributed by atoms with Gasteiger partial charge in [-0.05, 0) is 23.8 Å². The van der Waals surface area contributed by atoms with Gasteiger partial charge in [-0.3, -0.25) is 0 Å². The van der Waals surface area contributed by atoms with E-state index in [4.69, 9.17) is 9.26 Å². The Bertz CT molecular complexity index is 1060. The van der Waals surface area contributed by atoms with E-state index in [2.05, 4.69) is 15.5 Å². The molecular formula is C21H26N4O4S. The summed E-state index contributed by atoms with van der Waals surface area (Å²) in [6.07, 6.45) is 0.575. The fraction of sp³-hybridized carbons (Fsp3) is 0.333. The molecule has 2 aromatic carbocycles. The molecule has 3 rings (SSSR count). The van der Waals surface area contributed by atoms with Crippen molar-refractivity contribution < 1.29 is 17.7 Å². The number of anilines is 1. The molecule has 1 heterocycles. The van der Waals surface area contributed by atoms with Gasteiger partial charge in [0.2, 0.25) is 15.9 Å². The number of sulfonamides is 1. The highest BCUT2D eigenvalue weighted by Gasteiger charge is 2.23. The van der Waals surface area contributed by atoms with Crippen LogP contribution in [0.4, 0.5) is 5.69 Å². The first-order valence-corrected chi connectivity index (χ1v) is 11.2. The molecule has 30 heavy (non-hydrogen) atoms. The second-order valence-electron chi connectivity index (χ2n) is 6.57. The molecule has 0 aliphatic heterocycles. The molecular weight excluding hydrogens is 404 g/mol. The summed E-state index contributed by atoms with van der Waals surface area (Å²) in [4.78, 5) is 4.59. The van der Waals surface area contributed by atoms with Gasteiger partial charge < -0.3 is 14.6 Å². The van der Waals surface area contributed by atoms with E-state index in [1.54, 1.807) is 18.2 Å². The second-order valence-corrected chi connectivity index (χ2v) is 8.51. The lowest BCUT2D eigenvalue weighted by molar-refractivity contribution is 0.378. The fourth-order valence-electron chi connectivity index (χ4n) is 3.08. The predicted molar refractivity (Wildman–Crippen MR) is 114 cm³/mol. The lowest BCUT2D eigenvalue weighted by atomic mass is 10.1. The third-order valence-electron chi connectivity index (χ3n) is 4.66. The molecule has 8 nitrogen and oxygen atoms in total. The van der Waals surface area contributed by atoms with E-state index in [0.29, 0.717) is 42.7 Å². The first kappa shape index (κ1) is 21.8. The Morgan fingerprint density at radius 3 is 2.50 bits per heavy atom. The number of nitrogens with one attached hydrogen (secondary N) is 1. The van der Waals surface area contributed by atoms with Gasteiger partial charge in [0, 0.05) is 19.5 Å². The van der Waals surface area contributed by atoms with Gasteiger partial charge in [-0.25, -0.2) is 8.42 Å². The lowest BCUT2D eigenvalue weighted by Crippen LogP contribution is -2.30. The van der Waals surface area contributed by atoms with Crippen molar-refractivity contribution in [2.75, 3.05) is 25.5 Å². The van der Waals surface area contributed by atoms with Crippen molar-refractivity contribution >= 4 is 15.7 Å². The standard InChI is InChI=1S/C21H26N4O4S/c1-4-25(5-2)30(26,27)17-11-12-19(28-3)18(14-17)22-15-21-23-20(24-29-21)13-16-9-7-6-8-10-16/h6-12,14,22H,4-5,13,15H2,1-3H3. The van der Waals surface area contributed by atoms with Crippen molar-refractivity contribution in [3.8, 4) is 5.75 Å². The van der Waals surface area contributed by atoms with Crippen molar-refractivity contribution in [2.24, 2.45) is 0 Å². The molecule has 0 aliphatic rings. The van der Waals surface area contributed by atoms with E-state index in [1.807, 2.05) is 44.2 Å². The fourth-order valence-corrected chi connectivity index (χ4v) is 4.57. The molecule has 9 heteroatoms. The quantitative estimate of drug-likeness (QED) is 0.527. The Hall–Kier alpha value is -2.91. The summed E-state index contributed by atoms with van der Waals surface area (Å²) < 4.78 is 37.7. The number of rotatable bonds is 10. The minimum atomic E-state index is -3.58. The zero-order chi connectivity index (χ0) is 21.6. The molecule has 0 saturated heterocycles. The minimum absolute atomic E-state index is 0.199. The normalized spacial score (nSPS) is 11.6. The highest BCUT2D eigenvalue weighted by Crippen LogP contribution is 2.29. The van der Waals surface area contributed by atoms with Gasteiger partial charge >= 0.3 is 0 Å². The smallest absolute Gasteiger partial charge is 0.245 e. The van der Waals surface area contributed by atoms with E-state index < -0.39 is 10.0 Å². The summed E-state index contributed by atoms with van der Waals surface area (Å²) in [5, 5.41) is 7.15. The van der Waals surface area contributed by atoms with E-state index in [1.165, 1.54) is 11.4 Å². The molecule has 0 saturated carbocycles. The van der Waals surface area contributed by atoms with Gasteiger partial charge in [0.05, 0.1) is 24.2 Å². The third-order valence-corrected chi connectivity index (χ3v) is 6.71. The number of ether oxygens (including phenoxy) is 1. The molecule has 0 bridgehead atoms. The number of benzene rings is 2. The van der Waals surface area contributed by atoms with Crippen molar-refractivity contribution in [3.63, 3.8) is 0 Å². The van der Waals surface area contributed by atoms with E-state index >= 15 is 0 Å². The minimum Gasteiger partial charge on any atom is -0.495 e. The van der Waals surface area contributed by atoms with Crippen molar-refractivity contribution in [2.45, 2.75) is 31.7 Å². The molecule has 0 aliphatic carbocycles. The van der Waals surface area contributed by atoms with E-state index in [0.717, 1.165) is 5.56 Å². The zero-order valence-corrected chi connectivity index (χ0v) is 18.1. The molecule has 0 spiro atoms. The van der Waals surface area contributed by atoms with Crippen LogP contribution in [0.3, 0.4) is 0 Å². The Labute approximate surface area is 176 Å². The summed E-state index contributed by atoms with van der Waals surface area (Å²) in [7, 11) is -2.04. The Morgan fingerprint density at radius 2 is 1.83 bits per heavy atom. The maximum atomic E-state index is 12.8. The zero-order valence-electron chi connectivity index (χ0n) is 17.3. The molecule has 1 aromatic heterocycles. The van der Waals surface area contributed by atoms with Crippen LogP contribution >= 0.6 is 0 Å². The molecule has 3 aromatic rings. The van der Waals surface area contributed by atoms with Gasteiger partial charge in [-0.15, -0.1) is 0 Å². The first-order chi connectivity index (χ1) is 14.5. The largest absolute Gasteiger partial charge is 0.495 e. The summed E-state index contributed by atoms with van der Waals surface area (Å²) in [5.41, 5.74) is 1.63. The average molecular weight is 431 g/mol. The molecule has 0 amide bonds. The van der Waals surface area contributed by atoms with Crippen LogP contribution < -0.4 is 10.1 Å². The summed E-state index contributed by atoms with van der Waals surface area (Å²) in [6, 6.07) is 14.6. The predicted octanol–water partition coefficient (Wildman–Crippen LogP) is 3.31. The maximum absolute atomic E-state index is 12.8. The Kier molecular flexibility index (Phi) is 7.07. The monoisotopic (exact) mass is 430 g/mol. The Balaban J connectivity index is 1.75. The molecule has 0 unspecified atom stereocenters. The van der Waals surface area contributed by atoms with Crippen LogP contribution in [0, 0.1) is 0 Å². The number of nitrogens with zero attached hydrogens (tertiary/aromatic N) is 3. The topological polar surface area (TPSA) is 97.6 Å². The van der Waals surface area contributed by atoms with Crippen LogP contribution in [-0.2, 0) is 23.0 Å². The van der Waals surface area contributed by atoms with Crippen molar-refractivity contribution in [3.05, 3.63) is 65.8 Å². The lowest BCUT2D eigenvalue weighted by Gasteiger charge is -2.19. The van der Waals surface area contributed by atoms with E-state index in [-0.39, 0.29) is 11.4 Å². The number of hydrogen-bond acceptors (Lipinski definition) is 7. The van der Waals surface area contributed by atoms with Gasteiger partial charge in [-0.2, -0.15) is 9.29 Å². The average Bonchev–Trinajstić information content (AvgIpc) is 3.20. The molecule has 0 atom stereocenters. The molecule has 0 radical (unpaired) electrons. The van der Waals surface area contributed by atoms with Crippen LogP contribution in [0.1, 0.15) is 31.1 Å². The summed E-state index contributed by atoms with van der Waals surface area (Å²) >= 11 is 0. The van der Waals surface area contributed by atoms with Crippen LogP contribution in [0.25, 0.3) is 0 Å². The van der Waals surface area contributed by atoms with Crippen molar-refractivity contribution in [1.82, 2.24) is 14.4 Å². The molecule has 160 valence electrons. The highest BCUT2D eigenvalue weighted by atomic mass is 32.2. The summed E-state index contributed by atoms with van der Waals surface area (Å²) in [6.45, 7) is 4.67. The Morgan fingerprint density at radius 1 is 1.10 bits per heavy atom. The third kappa shape index (κ3) is 4.98. The number of hydrogen-bond donors (Lipinski definition) is 1. The number of methoxy groups -OCH3 is 1. The molecule has 0 fully saturated rings. The second kappa shape index (κ2) is 9.73.